The van der Waals surface area contributed by atoms with Crippen molar-refractivity contribution >= 4 is 15.9 Å². The van der Waals surface area contributed by atoms with E-state index in [9.17, 15) is 13.2 Å². The maximum atomic E-state index is 12.0. The van der Waals surface area contributed by atoms with Gasteiger partial charge in [0.25, 0.3) is 10.0 Å². The quantitative estimate of drug-likeness (QED) is 0.837. The van der Waals surface area contributed by atoms with Crippen molar-refractivity contribution in [2.75, 3.05) is 6.54 Å². The first kappa shape index (κ1) is 13.0. The third-order valence-corrected chi connectivity index (χ3v) is 4.81. The maximum Gasteiger partial charge on any atom is 0.264 e. The molecule has 0 aromatic heterocycles. The minimum Gasteiger partial charge on any atom is -0.329 e. The van der Waals surface area contributed by atoms with Crippen molar-refractivity contribution < 1.29 is 13.2 Å². The van der Waals surface area contributed by atoms with E-state index < -0.39 is 21.3 Å². The van der Waals surface area contributed by atoms with Gasteiger partial charge < -0.3 is 5.73 Å². The molecule has 1 fully saturated rings. The van der Waals surface area contributed by atoms with Gasteiger partial charge in [-0.05, 0) is 25.0 Å². The van der Waals surface area contributed by atoms with Crippen LogP contribution < -0.4 is 10.5 Å². The third kappa shape index (κ3) is 2.26. The molecule has 1 aromatic rings. The second kappa shape index (κ2) is 4.70. The second-order valence-corrected chi connectivity index (χ2v) is 6.27. The van der Waals surface area contributed by atoms with E-state index in [0.29, 0.717) is 12.8 Å². The van der Waals surface area contributed by atoms with Crippen LogP contribution in [0.2, 0.25) is 0 Å². The monoisotopic (exact) mass is 268 g/mol. The number of hydrogen-bond acceptors (Lipinski definition) is 4. The molecule has 0 spiro atoms. The molecule has 0 radical (unpaired) electrons. The summed E-state index contributed by atoms with van der Waals surface area (Å²) in [6.45, 7) is 0.184. The normalized spacial score (nSPS) is 17.8. The van der Waals surface area contributed by atoms with E-state index in [4.69, 9.17) is 5.73 Å². The van der Waals surface area contributed by atoms with Gasteiger partial charge in [-0.15, -0.1) is 0 Å². The summed E-state index contributed by atoms with van der Waals surface area (Å²) in [6.07, 6.45) is 2.22. The standard InChI is InChI=1S/C12H16N2O3S/c13-9-12(7-4-8-12)11(15)14-18(16,17)10-5-2-1-3-6-10/h1-3,5-6H,4,7-9,13H2,(H,14,15). The van der Waals surface area contributed by atoms with Crippen LogP contribution in [0.1, 0.15) is 19.3 Å². The molecule has 0 saturated heterocycles. The molecule has 0 bridgehead atoms. The van der Waals surface area contributed by atoms with E-state index in [0.717, 1.165) is 6.42 Å². The van der Waals surface area contributed by atoms with Gasteiger partial charge in [-0.25, -0.2) is 13.1 Å². The van der Waals surface area contributed by atoms with Crippen LogP contribution in [0.3, 0.4) is 0 Å². The van der Waals surface area contributed by atoms with Gasteiger partial charge >= 0.3 is 0 Å². The summed E-state index contributed by atoms with van der Waals surface area (Å²) < 4.78 is 26.1. The lowest BCUT2D eigenvalue weighted by atomic mass is 9.68. The SMILES string of the molecule is NCC1(C(=O)NS(=O)(=O)c2ccccc2)CCC1. The number of sulfonamides is 1. The minimum atomic E-state index is -3.78. The highest BCUT2D eigenvalue weighted by molar-refractivity contribution is 7.90. The molecule has 0 aliphatic heterocycles. The lowest BCUT2D eigenvalue weighted by Gasteiger charge is -2.38. The van der Waals surface area contributed by atoms with Gasteiger partial charge in [-0.2, -0.15) is 0 Å². The Kier molecular flexibility index (Phi) is 3.41. The highest BCUT2D eigenvalue weighted by Gasteiger charge is 2.44. The van der Waals surface area contributed by atoms with E-state index in [2.05, 4.69) is 4.72 Å². The highest BCUT2D eigenvalue weighted by atomic mass is 32.2. The molecule has 0 heterocycles. The number of benzene rings is 1. The highest BCUT2D eigenvalue weighted by Crippen LogP contribution is 2.40. The van der Waals surface area contributed by atoms with Gasteiger partial charge in [-0.1, -0.05) is 24.6 Å². The van der Waals surface area contributed by atoms with Crippen molar-refractivity contribution in [1.82, 2.24) is 4.72 Å². The Morgan fingerprint density at radius 2 is 1.89 bits per heavy atom. The number of carbonyl (C=O) groups is 1. The van der Waals surface area contributed by atoms with Gasteiger partial charge in [0.1, 0.15) is 0 Å². The van der Waals surface area contributed by atoms with E-state index in [-0.39, 0.29) is 11.4 Å². The molecule has 2 rings (SSSR count). The second-order valence-electron chi connectivity index (χ2n) is 4.59. The van der Waals surface area contributed by atoms with Crippen molar-refractivity contribution in [2.45, 2.75) is 24.2 Å². The first-order valence-corrected chi connectivity index (χ1v) is 7.31. The lowest BCUT2D eigenvalue weighted by Crippen LogP contribution is -2.51. The summed E-state index contributed by atoms with van der Waals surface area (Å²) in [4.78, 5) is 12.1. The molecule has 18 heavy (non-hydrogen) atoms. The van der Waals surface area contributed by atoms with Gasteiger partial charge in [0.15, 0.2) is 0 Å². The van der Waals surface area contributed by atoms with Crippen LogP contribution in [0.25, 0.3) is 0 Å². The predicted octanol–water partition coefficient (Wildman–Crippen LogP) is 0.621. The molecular formula is C12H16N2O3S. The van der Waals surface area contributed by atoms with Crippen molar-refractivity contribution in [3.05, 3.63) is 30.3 Å². The van der Waals surface area contributed by atoms with E-state index in [1.807, 2.05) is 0 Å². The number of nitrogens with two attached hydrogens (primary N) is 1. The molecule has 1 amide bonds. The molecule has 6 heteroatoms. The summed E-state index contributed by atoms with van der Waals surface area (Å²) in [5.74, 6) is -0.486. The molecule has 98 valence electrons. The van der Waals surface area contributed by atoms with Crippen LogP contribution in [-0.4, -0.2) is 20.9 Å². The average molecular weight is 268 g/mol. The topological polar surface area (TPSA) is 89.3 Å². The van der Waals surface area contributed by atoms with E-state index in [1.54, 1.807) is 18.2 Å². The van der Waals surface area contributed by atoms with Crippen LogP contribution in [-0.2, 0) is 14.8 Å². The van der Waals surface area contributed by atoms with Crippen LogP contribution >= 0.6 is 0 Å². The van der Waals surface area contributed by atoms with Crippen LogP contribution in [0.5, 0.6) is 0 Å². The zero-order valence-electron chi connectivity index (χ0n) is 9.93. The number of rotatable bonds is 4. The fourth-order valence-corrected chi connectivity index (χ4v) is 3.11. The predicted molar refractivity (Wildman–Crippen MR) is 67.1 cm³/mol. The molecule has 0 unspecified atom stereocenters. The molecule has 1 aliphatic carbocycles. The number of amides is 1. The molecule has 5 nitrogen and oxygen atoms in total. The Morgan fingerprint density at radius 1 is 1.28 bits per heavy atom. The summed E-state index contributed by atoms with van der Waals surface area (Å²) in [5, 5.41) is 0. The zero-order chi connectivity index (χ0) is 13.2. The van der Waals surface area contributed by atoms with E-state index in [1.165, 1.54) is 12.1 Å². The van der Waals surface area contributed by atoms with Crippen molar-refractivity contribution in [1.29, 1.82) is 0 Å². The Morgan fingerprint density at radius 3 is 2.33 bits per heavy atom. The molecule has 0 atom stereocenters. The van der Waals surface area contributed by atoms with Crippen LogP contribution in [0.15, 0.2) is 35.2 Å². The fourth-order valence-electron chi connectivity index (χ4n) is 2.02. The summed E-state index contributed by atoms with van der Waals surface area (Å²) in [5.41, 5.74) is 4.88. The first-order valence-electron chi connectivity index (χ1n) is 5.83. The Balaban J connectivity index is 2.17. The maximum absolute atomic E-state index is 12.0. The Bertz CT molecular complexity index is 530. The smallest absolute Gasteiger partial charge is 0.264 e. The fraction of sp³-hybridized carbons (Fsp3) is 0.417. The minimum absolute atomic E-state index is 0.0878. The summed E-state index contributed by atoms with van der Waals surface area (Å²) in [7, 11) is -3.78. The molecule has 1 aromatic carbocycles. The first-order chi connectivity index (χ1) is 8.50. The molecular weight excluding hydrogens is 252 g/mol. The molecule has 1 saturated carbocycles. The van der Waals surface area contributed by atoms with Gasteiger partial charge in [-0.3, -0.25) is 4.79 Å². The largest absolute Gasteiger partial charge is 0.329 e. The third-order valence-electron chi connectivity index (χ3n) is 3.46. The van der Waals surface area contributed by atoms with Gasteiger partial charge in [0.05, 0.1) is 10.3 Å². The number of nitrogens with one attached hydrogen (secondary N) is 1. The zero-order valence-corrected chi connectivity index (χ0v) is 10.7. The van der Waals surface area contributed by atoms with Crippen LogP contribution in [0, 0.1) is 5.41 Å². The number of hydrogen-bond donors (Lipinski definition) is 2. The Hall–Kier alpha value is -1.40. The lowest BCUT2D eigenvalue weighted by molar-refractivity contribution is -0.133. The molecule has 3 N–H and O–H groups in total. The van der Waals surface area contributed by atoms with Gasteiger partial charge in [0, 0.05) is 6.54 Å². The van der Waals surface area contributed by atoms with Crippen molar-refractivity contribution in [2.24, 2.45) is 11.1 Å². The number of carbonyl (C=O) groups excluding carboxylic acids is 1. The summed E-state index contributed by atoms with van der Waals surface area (Å²) in [6, 6.07) is 7.84. The Labute approximate surface area is 106 Å². The van der Waals surface area contributed by atoms with Crippen molar-refractivity contribution in [3.8, 4) is 0 Å². The van der Waals surface area contributed by atoms with Crippen LogP contribution in [0.4, 0.5) is 0 Å². The molecule has 1 aliphatic rings. The van der Waals surface area contributed by atoms with E-state index >= 15 is 0 Å². The van der Waals surface area contributed by atoms with Gasteiger partial charge in [0.2, 0.25) is 5.91 Å². The summed E-state index contributed by atoms with van der Waals surface area (Å²) >= 11 is 0. The van der Waals surface area contributed by atoms with Crippen molar-refractivity contribution in [3.63, 3.8) is 0 Å². The average Bonchev–Trinajstić information content (AvgIpc) is 2.29.